The molecule has 0 aromatic carbocycles. The van der Waals surface area contributed by atoms with Crippen molar-refractivity contribution in [1.29, 1.82) is 0 Å². The summed E-state index contributed by atoms with van der Waals surface area (Å²) in [7, 11) is 0. The van der Waals surface area contributed by atoms with Crippen molar-refractivity contribution in [1.82, 2.24) is 19.5 Å². The summed E-state index contributed by atoms with van der Waals surface area (Å²) in [6.45, 7) is 8.35. The number of anilines is 3. The summed E-state index contributed by atoms with van der Waals surface area (Å²) in [5.74, 6) is 0.917. The van der Waals surface area contributed by atoms with Crippen LogP contribution < -0.4 is 15.6 Å². The average molecular weight is 519 g/mol. The molecule has 0 radical (unpaired) electrons. The van der Waals surface area contributed by atoms with Crippen molar-refractivity contribution in [3.05, 3.63) is 46.5 Å². The van der Waals surface area contributed by atoms with Crippen molar-refractivity contribution in [2.75, 3.05) is 36.5 Å². The summed E-state index contributed by atoms with van der Waals surface area (Å²) in [4.78, 5) is 40.4. The van der Waals surface area contributed by atoms with Gasteiger partial charge in [-0.3, -0.25) is 9.59 Å². The van der Waals surface area contributed by atoms with Gasteiger partial charge < -0.3 is 23.9 Å². The third-order valence-electron chi connectivity index (χ3n) is 6.76. The number of carbonyl (C=O) groups is 1. The molecule has 10 heteroatoms. The molecule has 1 aliphatic heterocycles. The highest BCUT2D eigenvalue weighted by Gasteiger charge is 2.24. The Morgan fingerprint density at radius 3 is 2.53 bits per heavy atom. The number of nitrogens with one attached hydrogen (secondary N) is 1. The predicted molar refractivity (Wildman–Crippen MR) is 148 cm³/mol. The molecule has 0 unspecified atom stereocenters. The van der Waals surface area contributed by atoms with Gasteiger partial charge in [-0.2, -0.15) is 4.98 Å². The molecule has 1 saturated heterocycles. The number of nitrogens with zero attached hydrogens (tertiary/aromatic N) is 5. The first-order valence-electron chi connectivity index (χ1n) is 13.4. The zero-order valence-electron chi connectivity index (χ0n) is 22.2. The molecule has 1 aliphatic carbocycles. The Morgan fingerprint density at radius 2 is 1.82 bits per heavy atom. The monoisotopic (exact) mass is 518 g/mol. The standard InChI is InChI=1S/C25H26N6O4.C3H8/c1-15(32)19-10-16-13-27-25(29-24(16)31(19)18-4-2-3-5-18)28-17-11-21-23(26-14-17)20(33)12-22(35-21)30-6-8-34-9-7-30;1-3-2/h10-14,18H,2-9H2,1H3,(H,27,28,29);3H2,1-2H3. The SMILES string of the molecule is CC(=O)c1cc2cnc(Nc3cnc4c(=O)cc(N5CCOCC5)oc4c3)nc2n1C1CCCC1.CCC. The lowest BCUT2D eigenvalue weighted by Crippen LogP contribution is -2.36. The number of hydrogen-bond donors (Lipinski definition) is 1. The first-order chi connectivity index (χ1) is 18.5. The van der Waals surface area contributed by atoms with Crippen LogP contribution in [0, 0.1) is 0 Å². The Hall–Kier alpha value is -3.79. The summed E-state index contributed by atoms with van der Waals surface area (Å²) < 4.78 is 13.5. The fourth-order valence-corrected chi connectivity index (χ4v) is 5.04. The quantitative estimate of drug-likeness (QED) is 0.354. The minimum Gasteiger partial charge on any atom is -0.439 e. The van der Waals surface area contributed by atoms with E-state index in [1.165, 1.54) is 12.5 Å². The Kier molecular flexibility index (Phi) is 7.69. The van der Waals surface area contributed by atoms with Crippen molar-refractivity contribution >= 4 is 45.4 Å². The predicted octanol–water partition coefficient (Wildman–Crippen LogP) is 5.25. The van der Waals surface area contributed by atoms with E-state index in [0.29, 0.717) is 55.1 Å². The Labute approximate surface area is 221 Å². The lowest BCUT2D eigenvalue weighted by Gasteiger charge is -2.27. The van der Waals surface area contributed by atoms with Crippen molar-refractivity contribution < 1.29 is 13.9 Å². The van der Waals surface area contributed by atoms with Crippen LogP contribution in [0.1, 0.15) is 69.4 Å². The van der Waals surface area contributed by atoms with Crippen LogP contribution in [0.3, 0.4) is 0 Å². The van der Waals surface area contributed by atoms with Crippen LogP contribution in [-0.4, -0.2) is 51.6 Å². The second-order valence-electron chi connectivity index (χ2n) is 9.82. The molecule has 10 nitrogen and oxygen atoms in total. The van der Waals surface area contributed by atoms with Gasteiger partial charge in [-0.05, 0) is 18.9 Å². The number of hydrogen-bond acceptors (Lipinski definition) is 9. The van der Waals surface area contributed by atoms with E-state index >= 15 is 0 Å². The maximum absolute atomic E-state index is 12.6. The number of fused-ring (bicyclic) bond motifs is 2. The van der Waals surface area contributed by atoms with Gasteiger partial charge in [-0.1, -0.05) is 33.1 Å². The molecule has 0 atom stereocenters. The van der Waals surface area contributed by atoms with E-state index in [2.05, 4.69) is 33.7 Å². The number of ketones is 1. The van der Waals surface area contributed by atoms with Crippen molar-refractivity contribution in [2.45, 2.75) is 58.9 Å². The number of rotatable bonds is 5. The summed E-state index contributed by atoms with van der Waals surface area (Å²) >= 11 is 0. The van der Waals surface area contributed by atoms with Gasteiger partial charge in [0.05, 0.1) is 30.8 Å². The molecular weight excluding hydrogens is 484 g/mol. The molecule has 5 heterocycles. The summed E-state index contributed by atoms with van der Waals surface area (Å²) in [6.07, 6.45) is 8.92. The van der Waals surface area contributed by atoms with E-state index in [9.17, 15) is 9.59 Å². The van der Waals surface area contributed by atoms with Crippen LogP contribution in [0.5, 0.6) is 0 Å². The molecule has 1 N–H and O–H groups in total. The van der Waals surface area contributed by atoms with Gasteiger partial charge in [-0.25, -0.2) is 9.97 Å². The van der Waals surface area contributed by atoms with Crippen LogP contribution in [0.15, 0.2) is 39.8 Å². The number of carbonyl (C=O) groups excluding carboxylic acids is 1. The molecular formula is C28H34N6O4. The fourth-order valence-electron chi connectivity index (χ4n) is 5.04. The zero-order chi connectivity index (χ0) is 26.6. The molecule has 200 valence electrons. The highest BCUT2D eigenvalue weighted by molar-refractivity contribution is 5.98. The average Bonchev–Trinajstić information content (AvgIpc) is 3.57. The van der Waals surface area contributed by atoms with Crippen LogP contribution in [0.4, 0.5) is 17.5 Å². The lowest BCUT2D eigenvalue weighted by atomic mass is 10.2. The molecule has 38 heavy (non-hydrogen) atoms. The van der Waals surface area contributed by atoms with Crippen LogP contribution >= 0.6 is 0 Å². The van der Waals surface area contributed by atoms with Crippen molar-refractivity contribution in [3.63, 3.8) is 0 Å². The number of Topliss-reactive ketones (excluding diaryl/α,β-unsaturated/α-hetero) is 1. The molecule has 1 saturated carbocycles. The van der Waals surface area contributed by atoms with Crippen LogP contribution in [-0.2, 0) is 4.74 Å². The van der Waals surface area contributed by atoms with Gasteiger partial charge in [-0.15, -0.1) is 0 Å². The van der Waals surface area contributed by atoms with Gasteiger partial charge in [0.2, 0.25) is 11.4 Å². The fraction of sp³-hybridized carbons (Fsp3) is 0.464. The number of ether oxygens (including phenoxy) is 1. The van der Waals surface area contributed by atoms with Gasteiger partial charge in [0.25, 0.3) is 0 Å². The van der Waals surface area contributed by atoms with Gasteiger partial charge in [0.15, 0.2) is 22.8 Å². The zero-order valence-corrected chi connectivity index (χ0v) is 22.2. The molecule has 2 fully saturated rings. The highest BCUT2D eigenvalue weighted by atomic mass is 16.5. The van der Waals surface area contributed by atoms with Crippen molar-refractivity contribution in [2.24, 2.45) is 0 Å². The van der Waals surface area contributed by atoms with Gasteiger partial charge in [0, 0.05) is 49.8 Å². The van der Waals surface area contributed by atoms with Crippen molar-refractivity contribution in [3.8, 4) is 0 Å². The van der Waals surface area contributed by atoms with E-state index in [1.54, 1.807) is 25.4 Å². The minimum atomic E-state index is -0.192. The smallest absolute Gasteiger partial charge is 0.229 e. The molecule has 4 aromatic rings. The summed E-state index contributed by atoms with van der Waals surface area (Å²) in [5.41, 5.74) is 2.48. The second kappa shape index (κ2) is 11.3. The second-order valence-corrected chi connectivity index (χ2v) is 9.82. The maximum Gasteiger partial charge on any atom is 0.229 e. The maximum atomic E-state index is 12.6. The van der Waals surface area contributed by atoms with Crippen LogP contribution in [0.25, 0.3) is 22.1 Å². The molecule has 0 bridgehead atoms. The van der Waals surface area contributed by atoms with E-state index in [0.717, 1.165) is 36.7 Å². The summed E-state index contributed by atoms with van der Waals surface area (Å²) in [6, 6.07) is 5.36. The molecule has 4 aromatic heterocycles. The Balaban J connectivity index is 0.000000937. The minimum absolute atomic E-state index is 0.0224. The molecule has 0 amide bonds. The molecule has 6 rings (SSSR count). The van der Waals surface area contributed by atoms with E-state index in [-0.39, 0.29) is 22.8 Å². The van der Waals surface area contributed by atoms with Gasteiger partial charge in [0.1, 0.15) is 5.65 Å². The highest BCUT2D eigenvalue weighted by Crippen LogP contribution is 2.34. The molecule has 2 aliphatic rings. The number of morpholine rings is 1. The number of pyridine rings is 1. The normalized spacial score (nSPS) is 16.0. The van der Waals surface area contributed by atoms with E-state index in [4.69, 9.17) is 14.1 Å². The Bertz CT molecular complexity index is 1500. The van der Waals surface area contributed by atoms with Crippen LogP contribution in [0.2, 0.25) is 0 Å². The third-order valence-corrected chi connectivity index (χ3v) is 6.76. The van der Waals surface area contributed by atoms with E-state index < -0.39 is 0 Å². The largest absolute Gasteiger partial charge is 0.439 e. The Morgan fingerprint density at radius 1 is 1.08 bits per heavy atom. The third kappa shape index (κ3) is 5.26. The summed E-state index contributed by atoms with van der Waals surface area (Å²) in [5, 5.41) is 4.02. The topological polar surface area (TPSA) is 115 Å². The lowest BCUT2D eigenvalue weighted by molar-refractivity contribution is 0.100. The van der Waals surface area contributed by atoms with Gasteiger partial charge >= 0.3 is 0 Å². The number of aromatic nitrogens is 4. The van der Waals surface area contributed by atoms with E-state index in [1.807, 2.05) is 11.0 Å². The molecule has 0 spiro atoms. The first kappa shape index (κ1) is 25.8. The first-order valence-corrected chi connectivity index (χ1v) is 13.4.